The summed E-state index contributed by atoms with van der Waals surface area (Å²) in [7, 11) is 0. The summed E-state index contributed by atoms with van der Waals surface area (Å²) < 4.78 is 0. The molecule has 78 valence electrons. The van der Waals surface area contributed by atoms with Gasteiger partial charge in [-0.25, -0.2) is 0 Å². The van der Waals surface area contributed by atoms with Crippen LogP contribution >= 0.6 is 0 Å². The average molecular weight is 191 g/mol. The topological polar surface area (TPSA) is 26.0 Å². The number of aryl methyl sites for hydroxylation is 1. The third-order valence-corrected chi connectivity index (χ3v) is 3.16. The third kappa shape index (κ3) is 2.16. The molecule has 0 saturated carbocycles. The monoisotopic (exact) mass is 191 g/mol. The van der Waals surface area contributed by atoms with Gasteiger partial charge in [0.1, 0.15) is 0 Å². The van der Waals surface area contributed by atoms with Gasteiger partial charge in [-0.05, 0) is 30.4 Å². The van der Waals surface area contributed by atoms with Crippen molar-refractivity contribution in [1.82, 2.24) is 0 Å². The molecule has 1 heteroatoms. The summed E-state index contributed by atoms with van der Waals surface area (Å²) in [6, 6.07) is 8.60. The van der Waals surface area contributed by atoms with Crippen LogP contribution < -0.4 is 5.73 Å². The van der Waals surface area contributed by atoms with E-state index in [-0.39, 0.29) is 5.54 Å². The van der Waals surface area contributed by atoms with Crippen LogP contribution in [0.25, 0.3) is 0 Å². The van der Waals surface area contributed by atoms with E-state index < -0.39 is 0 Å². The molecule has 0 saturated heterocycles. The highest BCUT2D eigenvalue weighted by molar-refractivity contribution is 5.29. The van der Waals surface area contributed by atoms with Crippen LogP contribution in [0.3, 0.4) is 0 Å². The molecular weight excluding hydrogens is 170 g/mol. The van der Waals surface area contributed by atoms with E-state index in [0.717, 1.165) is 6.42 Å². The Kier molecular flexibility index (Phi) is 3.33. The molecule has 1 nitrogen and oxygen atoms in total. The molecule has 0 fully saturated rings. The summed E-state index contributed by atoms with van der Waals surface area (Å²) in [5.74, 6) is 0.453. The predicted molar refractivity (Wildman–Crippen MR) is 62.2 cm³/mol. The van der Waals surface area contributed by atoms with E-state index in [1.54, 1.807) is 0 Å². The second-order valence-electron chi connectivity index (χ2n) is 4.49. The minimum atomic E-state index is -0.217. The highest BCUT2D eigenvalue weighted by atomic mass is 14.7. The normalized spacial score (nSPS) is 15.6. The van der Waals surface area contributed by atoms with E-state index in [4.69, 9.17) is 5.73 Å². The van der Waals surface area contributed by atoms with E-state index >= 15 is 0 Å². The lowest BCUT2D eigenvalue weighted by Gasteiger charge is -2.30. The molecule has 0 aliphatic rings. The molecule has 2 N–H and O–H groups in total. The largest absolute Gasteiger partial charge is 0.321 e. The minimum Gasteiger partial charge on any atom is -0.321 e. The zero-order valence-corrected chi connectivity index (χ0v) is 9.67. The lowest BCUT2D eigenvalue weighted by Crippen LogP contribution is -2.38. The van der Waals surface area contributed by atoms with Crippen molar-refractivity contribution < 1.29 is 0 Å². The first-order valence-electron chi connectivity index (χ1n) is 5.36. The van der Waals surface area contributed by atoms with Gasteiger partial charge < -0.3 is 5.73 Å². The van der Waals surface area contributed by atoms with Gasteiger partial charge >= 0.3 is 0 Å². The molecule has 0 heterocycles. The first-order valence-corrected chi connectivity index (χ1v) is 5.36. The molecule has 1 rings (SSSR count). The minimum absolute atomic E-state index is 0.217. The summed E-state index contributed by atoms with van der Waals surface area (Å²) in [6.07, 6.45) is 1.07. The van der Waals surface area contributed by atoms with Gasteiger partial charge in [0.2, 0.25) is 0 Å². The summed E-state index contributed by atoms with van der Waals surface area (Å²) in [4.78, 5) is 0. The molecule has 0 aliphatic heterocycles. The maximum absolute atomic E-state index is 6.30. The van der Waals surface area contributed by atoms with Gasteiger partial charge in [-0.1, -0.05) is 45.0 Å². The van der Waals surface area contributed by atoms with E-state index in [9.17, 15) is 0 Å². The Morgan fingerprint density at radius 1 is 1.36 bits per heavy atom. The van der Waals surface area contributed by atoms with Crippen molar-refractivity contribution in [2.24, 2.45) is 11.7 Å². The van der Waals surface area contributed by atoms with Crippen molar-refractivity contribution in [3.63, 3.8) is 0 Å². The van der Waals surface area contributed by atoms with Crippen LogP contribution in [0.4, 0.5) is 0 Å². The molecule has 1 atom stereocenters. The van der Waals surface area contributed by atoms with Crippen molar-refractivity contribution in [3.05, 3.63) is 35.4 Å². The number of hydrogen-bond donors (Lipinski definition) is 1. The van der Waals surface area contributed by atoms with Gasteiger partial charge in [0.05, 0.1) is 0 Å². The average Bonchev–Trinajstić information content (AvgIpc) is 2.17. The van der Waals surface area contributed by atoms with Crippen molar-refractivity contribution >= 4 is 0 Å². The second kappa shape index (κ2) is 4.14. The first-order chi connectivity index (χ1) is 6.48. The fourth-order valence-corrected chi connectivity index (χ4v) is 1.46. The molecule has 1 unspecified atom stereocenters. The summed E-state index contributed by atoms with van der Waals surface area (Å²) in [5, 5.41) is 0. The molecular formula is C13H21N. The highest BCUT2D eigenvalue weighted by Gasteiger charge is 2.24. The van der Waals surface area contributed by atoms with Crippen LogP contribution in [0, 0.1) is 5.92 Å². The van der Waals surface area contributed by atoms with Gasteiger partial charge in [-0.15, -0.1) is 0 Å². The maximum Gasteiger partial charge on any atom is 0.0404 e. The zero-order chi connectivity index (χ0) is 10.8. The van der Waals surface area contributed by atoms with E-state index in [2.05, 4.69) is 52.0 Å². The standard InChI is InChI=1S/C13H21N/c1-5-11-7-6-8-12(9-11)13(4,14)10(2)3/h6-10H,5,14H2,1-4H3. The Morgan fingerprint density at radius 3 is 2.50 bits per heavy atom. The molecule has 0 aliphatic carbocycles. The Balaban J connectivity index is 3.06. The maximum atomic E-state index is 6.30. The van der Waals surface area contributed by atoms with Crippen LogP contribution in [-0.4, -0.2) is 0 Å². The number of rotatable bonds is 3. The van der Waals surface area contributed by atoms with Gasteiger partial charge in [0.25, 0.3) is 0 Å². The smallest absolute Gasteiger partial charge is 0.0404 e. The predicted octanol–water partition coefficient (Wildman–Crippen LogP) is 3.08. The van der Waals surface area contributed by atoms with Crippen molar-refractivity contribution in [2.75, 3.05) is 0 Å². The van der Waals surface area contributed by atoms with Crippen LogP contribution in [-0.2, 0) is 12.0 Å². The van der Waals surface area contributed by atoms with Crippen LogP contribution in [0.2, 0.25) is 0 Å². The van der Waals surface area contributed by atoms with Crippen molar-refractivity contribution in [3.8, 4) is 0 Å². The Hall–Kier alpha value is -0.820. The Labute approximate surface area is 87.3 Å². The third-order valence-electron chi connectivity index (χ3n) is 3.16. The number of hydrogen-bond acceptors (Lipinski definition) is 1. The first kappa shape index (κ1) is 11.3. The fourth-order valence-electron chi connectivity index (χ4n) is 1.46. The summed E-state index contributed by atoms with van der Waals surface area (Å²) >= 11 is 0. The van der Waals surface area contributed by atoms with E-state index in [1.807, 2.05) is 0 Å². The number of benzene rings is 1. The molecule has 0 aromatic heterocycles. The lowest BCUT2D eigenvalue weighted by atomic mass is 9.82. The van der Waals surface area contributed by atoms with Crippen LogP contribution in [0.5, 0.6) is 0 Å². The molecule has 14 heavy (non-hydrogen) atoms. The Bertz CT molecular complexity index is 300. The molecule has 0 spiro atoms. The number of nitrogens with two attached hydrogens (primary N) is 1. The quantitative estimate of drug-likeness (QED) is 0.780. The van der Waals surface area contributed by atoms with Gasteiger partial charge in [-0.3, -0.25) is 0 Å². The van der Waals surface area contributed by atoms with E-state index in [1.165, 1.54) is 11.1 Å². The SMILES string of the molecule is CCc1cccc(C(C)(N)C(C)C)c1. The van der Waals surface area contributed by atoms with E-state index in [0.29, 0.717) is 5.92 Å². The molecule has 0 bridgehead atoms. The summed E-state index contributed by atoms with van der Waals surface area (Å²) in [6.45, 7) is 8.60. The molecule has 0 amide bonds. The lowest BCUT2D eigenvalue weighted by molar-refractivity contribution is 0.350. The second-order valence-corrected chi connectivity index (χ2v) is 4.49. The van der Waals surface area contributed by atoms with Gasteiger partial charge in [-0.2, -0.15) is 0 Å². The Morgan fingerprint density at radius 2 is 2.00 bits per heavy atom. The zero-order valence-electron chi connectivity index (χ0n) is 9.67. The van der Waals surface area contributed by atoms with Crippen LogP contribution in [0.15, 0.2) is 24.3 Å². The summed E-state index contributed by atoms with van der Waals surface area (Å²) in [5.41, 5.74) is 8.69. The van der Waals surface area contributed by atoms with Gasteiger partial charge in [0.15, 0.2) is 0 Å². The van der Waals surface area contributed by atoms with Crippen LogP contribution in [0.1, 0.15) is 38.8 Å². The molecule has 0 radical (unpaired) electrons. The van der Waals surface area contributed by atoms with Crippen molar-refractivity contribution in [1.29, 1.82) is 0 Å². The van der Waals surface area contributed by atoms with Crippen molar-refractivity contribution in [2.45, 2.75) is 39.7 Å². The fraction of sp³-hybridized carbons (Fsp3) is 0.538. The molecule has 1 aromatic rings. The highest BCUT2D eigenvalue weighted by Crippen LogP contribution is 2.26. The molecule has 1 aromatic carbocycles. The van der Waals surface area contributed by atoms with Gasteiger partial charge in [0, 0.05) is 5.54 Å².